The van der Waals surface area contributed by atoms with Crippen LogP contribution in [0.15, 0.2) is 30.3 Å². The predicted molar refractivity (Wildman–Crippen MR) is 74.4 cm³/mol. The number of benzene rings is 1. The van der Waals surface area contributed by atoms with E-state index in [9.17, 15) is 9.18 Å². The SMILES string of the molecule is CCc1ccc(COc2ccc(C(C)=O)c(F)c2)s1. The topological polar surface area (TPSA) is 26.3 Å². The van der Waals surface area contributed by atoms with Gasteiger partial charge >= 0.3 is 0 Å². The quantitative estimate of drug-likeness (QED) is 0.765. The number of thiophene rings is 1. The van der Waals surface area contributed by atoms with Crippen LogP contribution in [-0.2, 0) is 13.0 Å². The van der Waals surface area contributed by atoms with Crippen LogP contribution in [0.4, 0.5) is 4.39 Å². The Morgan fingerprint density at radius 1 is 1.26 bits per heavy atom. The minimum absolute atomic E-state index is 0.0942. The molecule has 1 aromatic heterocycles. The fraction of sp³-hybridized carbons (Fsp3) is 0.267. The van der Waals surface area contributed by atoms with E-state index < -0.39 is 5.82 Å². The van der Waals surface area contributed by atoms with Gasteiger partial charge in [0.05, 0.1) is 5.56 Å². The molecule has 0 radical (unpaired) electrons. The van der Waals surface area contributed by atoms with Crippen molar-refractivity contribution in [2.75, 3.05) is 0 Å². The average Bonchev–Trinajstić information content (AvgIpc) is 2.84. The van der Waals surface area contributed by atoms with Crippen molar-refractivity contribution >= 4 is 17.1 Å². The third-order valence-corrected chi connectivity index (χ3v) is 3.97. The van der Waals surface area contributed by atoms with E-state index in [1.165, 1.54) is 23.9 Å². The summed E-state index contributed by atoms with van der Waals surface area (Å²) in [5, 5.41) is 0. The molecule has 0 N–H and O–H groups in total. The highest BCUT2D eigenvalue weighted by Crippen LogP contribution is 2.21. The van der Waals surface area contributed by atoms with Crippen LogP contribution < -0.4 is 4.74 Å². The summed E-state index contributed by atoms with van der Waals surface area (Å²) >= 11 is 1.69. The number of ketones is 1. The molecule has 0 bridgehead atoms. The van der Waals surface area contributed by atoms with E-state index in [0.717, 1.165) is 11.3 Å². The van der Waals surface area contributed by atoms with E-state index in [1.807, 2.05) is 6.07 Å². The first kappa shape index (κ1) is 13.7. The van der Waals surface area contributed by atoms with E-state index in [-0.39, 0.29) is 11.3 Å². The number of carbonyl (C=O) groups excluding carboxylic acids is 1. The van der Waals surface area contributed by atoms with Crippen LogP contribution in [-0.4, -0.2) is 5.78 Å². The zero-order valence-electron chi connectivity index (χ0n) is 10.9. The summed E-state index contributed by atoms with van der Waals surface area (Å²) in [5.74, 6) is -0.380. The Morgan fingerprint density at radius 2 is 2.00 bits per heavy atom. The molecule has 2 aromatic rings. The van der Waals surface area contributed by atoms with Gasteiger partial charge in [-0.2, -0.15) is 0 Å². The van der Waals surface area contributed by atoms with Crippen molar-refractivity contribution in [1.82, 2.24) is 0 Å². The van der Waals surface area contributed by atoms with E-state index in [0.29, 0.717) is 12.4 Å². The number of ether oxygens (including phenoxy) is 1. The van der Waals surface area contributed by atoms with Crippen molar-refractivity contribution in [2.45, 2.75) is 26.9 Å². The molecular weight excluding hydrogens is 263 g/mol. The van der Waals surface area contributed by atoms with Crippen LogP contribution >= 0.6 is 11.3 Å². The molecule has 100 valence electrons. The molecule has 1 heterocycles. The van der Waals surface area contributed by atoms with Gasteiger partial charge in [-0.15, -0.1) is 11.3 Å². The Balaban J connectivity index is 2.03. The van der Waals surface area contributed by atoms with Crippen LogP contribution in [0.25, 0.3) is 0 Å². The predicted octanol–water partition coefficient (Wildman–Crippen LogP) is 4.23. The second kappa shape index (κ2) is 5.97. The van der Waals surface area contributed by atoms with Crippen LogP contribution in [0.2, 0.25) is 0 Å². The fourth-order valence-corrected chi connectivity index (χ4v) is 2.59. The molecule has 0 aliphatic carbocycles. The van der Waals surface area contributed by atoms with Gasteiger partial charge in [0.25, 0.3) is 0 Å². The summed E-state index contributed by atoms with van der Waals surface area (Å²) in [6.45, 7) is 3.87. The van der Waals surface area contributed by atoms with Gasteiger partial charge in [-0.25, -0.2) is 4.39 Å². The normalized spacial score (nSPS) is 10.5. The van der Waals surface area contributed by atoms with Crippen molar-refractivity contribution in [1.29, 1.82) is 0 Å². The maximum Gasteiger partial charge on any atom is 0.162 e. The largest absolute Gasteiger partial charge is 0.488 e. The van der Waals surface area contributed by atoms with Gasteiger partial charge in [-0.05, 0) is 37.6 Å². The Labute approximate surface area is 115 Å². The lowest BCUT2D eigenvalue weighted by atomic mass is 10.1. The molecule has 0 saturated heterocycles. The van der Waals surface area contributed by atoms with Gasteiger partial charge in [0.1, 0.15) is 18.2 Å². The maximum atomic E-state index is 13.6. The summed E-state index contributed by atoms with van der Waals surface area (Å²) < 4.78 is 19.1. The van der Waals surface area contributed by atoms with E-state index in [2.05, 4.69) is 13.0 Å². The molecule has 2 rings (SSSR count). The molecule has 4 heteroatoms. The minimum Gasteiger partial charge on any atom is -0.488 e. The lowest BCUT2D eigenvalue weighted by molar-refractivity contribution is 0.101. The van der Waals surface area contributed by atoms with E-state index >= 15 is 0 Å². The first-order chi connectivity index (χ1) is 9.10. The molecular formula is C15H15FO2S. The summed E-state index contributed by atoms with van der Waals surface area (Å²) in [4.78, 5) is 13.5. The average molecular weight is 278 g/mol. The summed E-state index contributed by atoms with van der Waals surface area (Å²) in [7, 11) is 0. The second-order valence-electron chi connectivity index (χ2n) is 4.21. The molecule has 0 atom stereocenters. The standard InChI is InChI=1S/C15H15FO2S/c1-3-12-5-6-13(19-12)9-18-11-4-7-14(10(2)17)15(16)8-11/h4-8H,3,9H2,1-2H3. The highest BCUT2D eigenvalue weighted by atomic mass is 32.1. The summed E-state index contributed by atoms with van der Waals surface area (Å²) in [6.07, 6.45) is 1.01. The summed E-state index contributed by atoms with van der Waals surface area (Å²) in [6, 6.07) is 8.42. The van der Waals surface area contributed by atoms with Crippen LogP contribution in [0, 0.1) is 5.82 Å². The van der Waals surface area contributed by atoms with Crippen LogP contribution in [0.3, 0.4) is 0 Å². The number of rotatable bonds is 5. The van der Waals surface area contributed by atoms with Crippen molar-refractivity contribution in [3.63, 3.8) is 0 Å². The minimum atomic E-state index is -0.537. The zero-order valence-corrected chi connectivity index (χ0v) is 11.7. The van der Waals surface area contributed by atoms with E-state index in [1.54, 1.807) is 17.4 Å². The maximum absolute atomic E-state index is 13.6. The number of hydrogen-bond donors (Lipinski definition) is 0. The molecule has 0 spiro atoms. The molecule has 0 aliphatic rings. The number of Topliss-reactive ketones (excluding diaryl/α,β-unsaturated/α-hetero) is 1. The van der Waals surface area contributed by atoms with Gasteiger partial charge in [-0.3, -0.25) is 4.79 Å². The van der Waals surface area contributed by atoms with Gasteiger partial charge in [0.2, 0.25) is 0 Å². The monoisotopic (exact) mass is 278 g/mol. The Kier molecular flexibility index (Phi) is 4.32. The molecule has 1 aromatic carbocycles. The lowest BCUT2D eigenvalue weighted by Gasteiger charge is -2.06. The third kappa shape index (κ3) is 3.41. The highest BCUT2D eigenvalue weighted by molar-refractivity contribution is 7.11. The van der Waals surface area contributed by atoms with Crippen molar-refractivity contribution in [3.05, 3.63) is 51.5 Å². The Morgan fingerprint density at radius 3 is 2.58 bits per heavy atom. The Bertz CT molecular complexity index is 590. The number of halogens is 1. The number of hydrogen-bond acceptors (Lipinski definition) is 3. The van der Waals surface area contributed by atoms with Crippen molar-refractivity contribution in [3.8, 4) is 5.75 Å². The molecule has 0 fully saturated rings. The van der Waals surface area contributed by atoms with Gasteiger partial charge < -0.3 is 4.74 Å². The molecule has 0 unspecified atom stereocenters. The third-order valence-electron chi connectivity index (χ3n) is 2.77. The zero-order chi connectivity index (χ0) is 13.8. The van der Waals surface area contributed by atoms with Crippen LogP contribution in [0.1, 0.15) is 34.0 Å². The molecule has 19 heavy (non-hydrogen) atoms. The molecule has 0 amide bonds. The highest BCUT2D eigenvalue weighted by Gasteiger charge is 2.08. The van der Waals surface area contributed by atoms with Gasteiger partial charge in [0, 0.05) is 15.8 Å². The first-order valence-electron chi connectivity index (χ1n) is 6.11. The molecule has 0 aliphatic heterocycles. The van der Waals surface area contributed by atoms with Crippen LogP contribution in [0.5, 0.6) is 5.75 Å². The fourth-order valence-electron chi connectivity index (χ4n) is 1.72. The summed E-state index contributed by atoms with van der Waals surface area (Å²) in [5.41, 5.74) is 0.0942. The number of carbonyl (C=O) groups is 1. The van der Waals surface area contributed by atoms with E-state index in [4.69, 9.17) is 4.74 Å². The van der Waals surface area contributed by atoms with Crippen molar-refractivity contribution < 1.29 is 13.9 Å². The second-order valence-corrected chi connectivity index (χ2v) is 5.46. The molecule has 0 saturated carbocycles. The smallest absolute Gasteiger partial charge is 0.162 e. The lowest BCUT2D eigenvalue weighted by Crippen LogP contribution is -1.99. The number of aryl methyl sites for hydroxylation is 1. The van der Waals surface area contributed by atoms with Gasteiger partial charge in [-0.1, -0.05) is 6.92 Å². The van der Waals surface area contributed by atoms with Crippen molar-refractivity contribution in [2.24, 2.45) is 0 Å². The Hall–Kier alpha value is -1.68. The first-order valence-corrected chi connectivity index (χ1v) is 6.92. The van der Waals surface area contributed by atoms with Gasteiger partial charge in [0.15, 0.2) is 5.78 Å². The molecule has 2 nitrogen and oxygen atoms in total.